The highest BCUT2D eigenvalue weighted by Crippen LogP contribution is 2.23. The summed E-state index contributed by atoms with van der Waals surface area (Å²) < 4.78 is 7.06. The lowest BCUT2D eigenvalue weighted by molar-refractivity contribution is -0.123. The van der Waals surface area contributed by atoms with E-state index in [4.69, 9.17) is 4.74 Å². The molecule has 1 aliphatic rings. The Morgan fingerprint density at radius 2 is 1.85 bits per heavy atom. The third kappa shape index (κ3) is 3.95. The van der Waals surface area contributed by atoms with Gasteiger partial charge in [-0.25, -0.2) is 9.48 Å². The molecule has 1 amide bonds. The maximum Gasteiger partial charge on any atom is 0.338 e. The van der Waals surface area contributed by atoms with E-state index in [1.165, 1.54) is 17.5 Å². The van der Waals surface area contributed by atoms with Crippen molar-refractivity contribution in [3.63, 3.8) is 0 Å². The van der Waals surface area contributed by atoms with Crippen LogP contribution in [0.25, 0.3) is 0 Å². The molecule has 6 nitrogen and oxygen atoms in total. The minimum absolute atomic E-state index is 0.119. The summed E-state index contributed by atoms with van der Waals surface area (Å²) in [5.41, 5.74) is 3.02. The molecule has 1 N–H and O–H groups in total. The lowest BCUT2D eigenvalue weighted by Gasteiger charge is -2.18. The van der Waals surface area contributed by atoms with Crippen LogP contribution in [0.5, 0.6) is 0 Å². The average Bonchev–Trinajstić information content (AvgIpc) is 3.09. The molecular formula is C20H25N3O3. The molecule has 0 unspecified atom stereocenters. The molecule has 1 aromatic carbocycles. The summed E-state index contributed by atoms with van der Waals surface area (Å²) in [6.45, 7) is 5.52. The van der Waals surface area contributed by atoms with Crippen molar-refractivity contribution in [2.75, 3.05) is 5.32 Å². The van der Waals surface area contributed by atoms with E-state index in [1.54, 1.807) is 29.9 Å². The molecule has 1 heterocycles. The summed E-state index contributed by atoms with van der Waals surface area (Å²) in [7, 11) is 0. The van der Waals surface area contributed by atoms with E-state index in [0.29, 0.717) is 11.4 Å². The van der Waals surface area contributed by atoms with Crippen LogP contribution in [0, 0.1) is 0 Å². The lowest BCUT2D eigenvalue weighted by Crippen LogP contribution is -2.31. The van der Waals surface area contributed by atoms with Crippen molar-refractivity contribution in [2.45, 2.75) is 58.6 Å². The molecule has 0 aliphatic heterocycles. The van der Waals surface area contributed by atoms with Crippen LogP contribution in [0.1, 0.15) is 61.1 Å². The quantitative estimate of drug-likeness (QED) is 0.833. The number of amides is 1. The molecule has 3 rings (SSSR count). The number of anilines is 1. The number of ether oxygens (including phenoxy) is 1. The zero-order valence-electron chi connectivity index (χ0n) is 15.5. The Bertz CT molecular complexity index is 810. The van der Waals surface area contributed by atoms with E-state index >= 15 is 0 Å². The van der Waals surface area contributed by atoms with E-state index < -0.39 is 12.1 Å². The monoisotopic (exact) mass is 355 g/mol. The molecule has 6 heteroatoms. The van der Waals surface area contributed by atoms with Gasteiger partial charge in [-0.2, -0.15) is 5.10 Å². The number of fused-ring (bicyclic) bond motifs is 1. The molecule has 0 fully saturated rings. The topological polar surface area (TPSA) is 73.2 Å². The fraction of sp³-hybridized carbons (Fsp3) is 0.450. The second kappa shape index (κ2) is 7.72. The Balaban J connectivity index is 1.63. The van der Waals surface area contributed by atoms with E-state index in [0.717, 1.165) is 19.3 Å². The number of benzene rings is 1. The Kier molecular flexibility index (Phi) is 5.40. The standard InChI is InChI=1S/C20H25N3O3/c1-13(2)23-18(10-11-21-23)22-19(24)14(3)26-20(25)17-9-8-15-6-4-5-7-16(15)12-17/h8-14H,4-7H2,1-3H3,(H,22,24)/t14-/m1/s1. The highest BCUT2D eigenvalue weighted by Gasteiger charge is 2.21. The molecular weight excluding hydrogens is 330 g/mol. The first kappa shape index (κ1) is 18.2. The Hall–Kier alpha value is -2.63. The number of rotatable bonds is 5. The average molecular weight is 355 g/mol. The number of aromatic nitrogens is 2. The summed E-state index contributed by atoms with van der Waals surface area (Å²) >= 11 is 0. The number of nitrogens with zero attached hydrogens (tertiary/aromatic N) is 2. The molecule has 0 spiro atoms. The van der Waals surface area contributed by atoms with Crippen LogP contribution >= 0.6 is 0 Å². The predicted molar refractivity (Wildman–Crippen MR) is 99.2 cm³/mol. The first-order valence-electron chi connectivity index (χ1n) is 9.13. The van der Waals surface area contributed by atoms with Crippen molar-refractivity contribution in [3.05, 3.63) is 47.2 Å². The van der Waals surface area contributed by atoms with E-state index in [1.807, 2.05) is 26.0 Å². The van der Waals surface area contributed by atoms with Gasteiger partial charge in [0.05, 0.1) is 11.8 Å². The highest BCUT2D eigenvalue weighted by atomic mass is 16.5. The summed E-state index contributed by atoms with van der Waals surface area (Å²) in [4.78, 5) is 24.8. The van der Waals surface area contributed by atoms with Gasteiger partial charge in [0, 0.05) is 12.1 Å². The molecule has 138 valence electrons. The lowest BCUT2D eigenvalue weighted by atomic mass is 9.90. The second-order valence-corrected chi connectivity index (χ2v) is 6.98. The number of aryl methyl sites for hydroxylation is 2. The smallest absolute Gasteiger partial charge is 0.338 e. The largest absolute Gasteiger partial charge is 0.449 e. The molecule has 2 aromatic rings. The maximum absolute atomic E-state index is 12.4. The minimum Gasteiger partial charge on any atom is -0.449 e. The molecule has 26 heavy (non-hydrogen) atoms. The fourth-order valence-corrected chi connectivity index (χ4v) is 3.20. The number of hydrogen-bond acceptors (Lipinski definition) is 4. The first-order chi connectivity index (χ1) is 12.5. The molecule has 1 aliphatic carbocycles. The Morgan fingerprint density at radius 1 is 1.12 bits per heavy atom. The van der Waals surface area contributed by atoms with Gasteiger partial charge in [-0.15, -0.1) is 0 Å². The van der Waals surface area contributed by atoms with Gasteiger partial charge in [-0.05, 0) is 69.7 Å². The minimum atomic E-state index is -0.894. The van der Waals surface area contributed by atoms with Crippen LogP contribution < -0.4 is 5.32 Å². The van der Waals surface area contributed by atoms with Crippen molar-refractivity contribution < 1.29 is 14.3 Å². The van der Waals surface area contributed by atoms with Gasteiger partial charge in [-0.3, -0.25) is 4.79 Å². The third-order valence-electron chi connectivity index (χ3n) is 4.65. The van der Waals surface area contributed by atoms with Crippen LogP contribution in [0.4, 0.5) is 5.82 Å². The van der Waals surface area contributed by atoms with Gasteiger partial charge < -0.3 is 10.1 Å². The molecule has 0 bridgehead atoms. The SMILES string of the molecule is CC(C)n1nccc1NC(=O)[C@@H](C)OC(=O)c1ccc2c(c1)CCCC2. The van der Waals surface area contributed by atoms with Gasteiger partial charge >= 0.3 is 5.97 Å². The zero-order valence-corrected chi connectivity index (χ0v) is 15.5. The number of carbonyl (C=O) groups excluding carboxylic acids is 2. The van der Waals surface area contributed by atoms with Gasteiger partial charge in [0.25, 0.3) is 5.91 Å². The zero-order chi connectivity index (χ0) is 18.7. The van der Waals surface area contributed by atoms with Crippen LogP contribution in [0.2, 0.25) is 0 Å². The van der Waals surface area contributed by atoms with Crippen LogP contribution in [-0.2, 0) is 22.4 Å². The van der Waals surface area contributed by atoms with Crippen molar-refractivity contribution in [1.82, 2.24) is 9.78 Å². The van der Waals surface area contributed by atoms with E-state index in [-0.39, 0.29) is 11.9 Å². The van der Waals surface area contributed by atoms with Gasteiger partial charge in [-0.1, -0.05) is 6.07 Å². The Labute approximate surface area is 153 Å². The first-order valence-corrected chi connectivity index (χ1v) is 9.13. The van der Waals surface area contributed by atoms with Gasteiger partial charge in [0.2, 0.25) is 0 Å². The van der Waals surface area contributed by atoms with Crippen LogP contribution in [0.15, 0.2) is 30.5 Å². The molecule has 0 radical (unpaired) electrons. The van der Waals surface area contributed by atoms with Crippen molar-refractivity contribution in [3.8, 4) is 0 Å². The fourth-order valence-electron chi connectivity index (χ4n) is 3.20. The molecule has 1 aromatic heterocycles. The molecule has 1 atom stereocenters. The highest BCUT2D eigenvalue weighted by molar-refractivity contribution is 5.97. The summed E-state index contributed by atoms with van der Waals surface area (Å²) in [5.74, 6) is -0.265. The normalized spacial score (nSPS) is 14.6. The van der Waals surface area contributed by atoms with E-state index in [9.17, 15) is 9.59 Å². The summed E-state index contributed by atoms with van der Waals surface area (Å²) in [5, 5.41) is 6.93. The van der Waals surface area contributed by atoms with Gasteiger partial charge in [0.1, 0.15) is 5.82 Å². The number of hydrogen-bond donors (Lipinski definition) is 1. The second-order valence-electron chi connectivity index (χ2n) is 6.98. The predicted octanol–water partition coefficient (Wildman–Crippen LogP) is 3.53. The van der Waals surface area contributed by atoms with Crippen molar-refractivity contribution in [2.24, 2.45) is 0 Å². The number of carbonyl (C=O) groups is 2. The number of nitrogens with one attached hydrogen (secondary N) is 1. The Morgan fingerprint density at radius 3 is 2.58 bits per heavy atom. The summed E-state index contributed by atoms with van der Waals surface area (Å²) in [6, 6.07) is 7.52. The van der Waals surface area contributed by atoms with Gasteiger partial charge in [0.15, 0.2) is 6.10 Å². The third-order valence-corrected chi connectivity index (χ3v) is 4.65. The maximum atomic E-state index is 12.4. The van der Waals surface area contributed by atoms with Crippen molar-refractivity contribution in [1.29, 1.82) is 0 Å². The molecule has 0 saturated heterocycles. The van der Waals surface area contributed by atoms with Crippen LogP contribution in [-0.4, -0.2) is 27.8 Å². The van der Waals surface area contributed by atoms with E-state index in [2.05, 4.69) is 10.4 Å². The van der Waals surface area contributed by atoms with Crippen molar-refractivity contribution >= 4 is 17.7 Å². The number of esters is 1. The van der Waals surface area contributed by atoms with Crippen LogP contribution in [0.3, 0.4) is 0 Å². The summed E-state index contributed by atoms with van der Waals surface area (Å²) in [6.07, 6.45) is 5.13. The molecule has 0 saturated carbocycles.